The van der Waals surface area contributed by atoms with E-state index in [2.05, 4.69) is 27.2 Å². The number of nitrogens with zero attached hydrogens (tertiary/aromatic N) is 4. The molecule has 1 saturated heterocycles. The van der Waals surface area contributed by atoms with Crippen molar-refractivity contribution in [2.24, 2.45) is 13.0 Å². The second-order valence-corrected chi connectivity index (χ2v) is 11.1. The number of aromatic nitrogens is 4. The van der Waals surface area contributed by atoms with Gasteiger partial charge in [-0.1, -0.05) is 18.5 Å². The lowest BCUT2D eigenvalue weighted by Gasteiger charge is -2.37. The smallest absolute Gasteiger partial charge is 0.410 e. The molecule has 2 atom stereocenters. The van der Waals surface area contributed by atoms with Crippen LogP contribution in [0, 0.1) is 5.92 Å². The number of nitrogens with one attached hydrogen (secondary N) is 2. The molecule has 38 heavy (non-hydrogen) atoms. The molecular formula is C25H32Cl2N6O5. The molecule has 3 aromatic rings. The van der Waals surface area contributed by atoms with Gasteiger partial charge in [-0.15, -0.1) is 0 Å². The topological polar surface area (TPSA) is 124 Å². The lowest BCUT2D eigenvalue weighted by Crippen LogP contribution is -2.48. The zero-order valence-electron chi connectivity index (χ0n) is 22.0. The van der Waals surface area contributed by atoms with E-state index in [1.807, 2.05) is 20.8 Å². The van der Waals surface area contributed by atoms with Crippen LogP contribution in [0.15, 0.2) is 23.1 Å². The van der Waals surface area contributed by atoms with Crippen molar-refractivity contribution >= 4 is 51.8 Å². The van der Waals surface area contributed by atoms with Gasteiger partial charge < -0.3 is 29.4 Å². The van der Waals surface area contributed by atoms with Crippen LogP contribution in [0.2, 0.25) is 10.3 Å². The van der Waals surface area contributed by atoms with Gasteiger partial charge in [0.25, 0.3) is 0 Å². The van der Waals surface area contributed by atoms with Gasteiger partial charge >= 0.3 is 11.8 Å². The summed E-state index contributed by atoms with van der Waals surface area (Å²) in [6, 6.07) is 3.50. The van der Waals surface area contributed by atoms with Crippen molar-refractivity contribution in [3.63, 3.8) is 0 Å². The summed E-state index contributed by atoms with van der Waals surface area (Å²) in [6.07, 6.45) is 1.76. The number of amides is 1. The predicted molar refractivity (Wildman–Crippen MR) is 146 cm³/mol. The molecule has 13 heteroatoms. The van der Waals surface area contributed by atoms with E-state index in [0.717, 1.165) is 6.42 Å². The number of aryl methyl sites for hydroxylation is 1. The number of piperidine rings is 1. The summed E-state index contributed by atoms with van der Waals surface area (Å²) in [7, 11) is 1.66. The highest BCUT2D eigenvalue weighted by atomic mass is 35.5. The number of anilines is 2. The Bertz CT molecular complexity index is 1370. The number of carbonyl (C=O) groups is 1. The van der Waals surface area contributed by atoms with Crippen LogP contribution in [0.25, 0.3) is 11.0 Å². The predicted octanol–water partition coefficient (Wildman–Crippen LogP) is 4.75. The number of ether oxygens (including phenoxy) is 3. The van der Waals surface area contributed by atoms with Crippen molar-refractivity contribution in [2.75, 3.05) is 31.6 Å². The molecule has 4 rings (SSSR count). The standard InChI is InChI=1S/C25H32Cl2N6O5/c1-14-8-16(13-33(12-14)24(35)38-25(2,3)4)36-6-7-37-19-10-15(9-18-20(19)32(5)23(34)30-18)29-21-17(26)11-28-22(27)31-21/h9-11,14,16H,6-8,12-13H2,1-5H3,(H,30,34)(H,28,29,31)/t14-,16+/m1/s1. The summed E-state index contributed by atoms with van der Waals surface area (Å²) in [6.45, 7) is 9.25. The summed E-state index contributed by atoms with van der Waals surface area (Å²) >= 11 is 12.1. The maximum atomic E-state index is 12.5. The zero-order chi connectivity index (χ0) is 27.6. The summed E-state index contributed by atoms with van der Waals surface area (Å²) in [4.78, 5) is 37.3. The Hall–Kier alpha value is -3.02. The quantitative estimate of drug-likeness (QED) is 0.310. The van der Waals surface area contributed by atoms with Crippen LogP contribution in [0.3, 0.4) is 0 Å². The monoisotopic (exact) mass is 566 g/mol. The Morgan fingerprint density at radius 3 is 2.74 bits per heavy atom. The molecule has 0 aliphatic carbocycles. The molecule has 1 aromatic carbocycles. The van der Waals surface area contributed by atoms with Crippen molar-refractivity contribution in [1.82, 2.24) is 24.4 Å². The van der Waals surface area contributed by atoms with E-state index in [0.29, 0.717) is 48.0 Å². The lowest BCUT2D eigenvalue weighted by atomic mass is 9.98. The third kappa shape index (κ3) is 6.89. The first kappa shape index (κ1) is 28.0. The zero-order valence-corrected chi connectivity index (χ0v) is 23.5. The van der Waals surface area contributed by atoms with Crippen LogP contribution in [0.5, 0.6) is 5.75 Å². The van der Waals surface area contributed by atoms with Crippen molar-refractivity contribution in [3.8, 4) is 5.75 Å². The maximum Gasteiger partial charge on any atom is 0.410 e. The largest absolute Gasteiger partial charge is 0.489 e. The average Bonchev–Trinajstić information content (AvgIpc) is 3.11. The highest BCUT2D eigenvalue weighted by molar-refractivity contribution is 6.33. The van der Waals surface area contributed by atoms with Crippen molar-refractivity contribution in [3.05, 3.63) is 39.1 Å². The fourth-order valence-corrected chi connectivity index (χ4v) is 4.63. The number of hydrogen-bond donors (Lipinski definition) is 2. The molecule has 1 fully saturated rings. The first-order valence-electron chi connectivity index (χ1n) is 12.3. The van der Waals surface area contributed by atoms with Crippen LogP contribution in [0.4, 0.5) is 16.3 Å². The van der Waals surface area contributed by atoms with Gasteiger partial charge in [0.05, 0.1) is 31.0 Å². The number of imidazole rings is 1. The Morgan fingerprint density at radius 2 is 2.00 bits per heavy atom. The van der Waals surface area contributed by atoms with E-state index >= 15 is 0 Å². The number of likely N-dealkylation sites (tertiary alicyclic amines) is 1. The number of aromatic amines is 1. The Balaban J connectivity index is 1.43. The minimum absolute atomic E-state index is 0.0435. The van der Waals surface area contributed by atoms with Gasteiger partial charge in [0, 0.05) is 25.3 Å². The SMILES string of the molecule is C[C@@H]1C[C@H](OCCOc2cc(Nc3nc(Cl)ncc3Cl)cc3[nH]c(=O)n(C)c23)CN(C(=O)OC(C)(C)C)C1. The molecule has 0 radical (unpaired) electrons. The molecular weight excluding hydrogens is 535 g/mol. The summed E-state index contributed by atoms with van der Waals surface area (Å²) in [5, 5.41) is 3.42. The van der Waals surface area contributed by atoms with E-state index in [1.54, 1.807) is 24.1 Å². The third-order valence-electron chi connectivity index (χ3n) is 5.90. The summed E-state index contributed by atoms with van der Waals surface area (Å²) in [5.74, 6) is 1.07. The molecule has 0 unspecified atom stereocenters. The molecule has 3 heterocycles. The Morgan fingerprint density at radius 1 is 1.24 bits per heavy atom. The minimum Gasteiger partial charge on any atom is -0.489 e. The van der Waals surface area contributed by atoms with Gasteiger partial charge in [0.2, 0.25) is 5.28 Å². The van der Waals surface area contributed by atoms with Crippen LogP contribution in [-0.2, 0) is 16.5 Å². The van der Waals surface area contributed by atoms with E-state index in [4.69, 9.17) is 37.4 Å². The highest BCUT2D eigenvalue weighted by Crippen LogP contribution is 2.31. The Labute approximate surface area is 230 Å². The molecule has 1 aliphatic heterocycles. The summed E-state index contributed by atoms with van der Waals surface area (Å²) in [5.41, 5.74) is 0.930. The fourth-order valence-electron chi connectivity index (χ4n) is 4.36. The molecule has 0 saturated carbocycles. The van der Waals surface area contributed by atoms with Crippen molar-refractivity contribution in [1.29, 1.82) is 0 Å². The van der Waals surface area contributed by atoms with Gasteiger partial charge in [-0.2, -0.15) is 4.98 Å². The minimum atomic E-state index is -0.555. The van der Waals surface area contributed by atoms with Gasteiger partial charge in [0.1, 0.15) is 28.5 Å². The number of rotatable bonds is 7. The number of H-pyrrole nitrogens is 1. The number of benzene rings is 1. The van der Waals surface area contributed by atoms with Crippen LogP contribution in [0.1, 0.15) is 34.1 Å². The molecule has 2 N–H and O–H groups in total. The second kappa shape index (κ2) is 11.4. The number of halogens is 2. The van der Waals surface area contributed by atoms with E-state index in [9.17, 15) is 9.59 Å². The van der Waals surface area contributed by atoms with Crippen LogP contribution >= 0.6 is 23.2 Å². The Kier molecular flexibility index (Phi) is 8.39. The number of fused-ring (bicyclic) bond motifs is 1. The first-order chi connectivity index (χ1) is 17.9. The van der Waals surface area contributed by atoms with Gasteiger partial charge in [0.15, 0.2) is 5.82 Å². The molecule has 2 aromatic heterocycles. The van der Waals surface area contributed by atoms with Crippen molar-refractivity contribution < 1.29 is 19.0 Å². The second-order valence-electron chi connectivity index (χ2n) is 10.4. The maximum absolute atomic E-state index is 12.5. The normalized spacial score (nSPS) is 18.0. The number of carbonyl (C=O) groups excluding carboxylic acids is 1. The molecule has 11 nitrogen and oxygen atoms in total. The summed E-state index contributed by atoms with van der Waals surface area (Å²) < 4.78 is 19.1. The van der Waals surface area contributed by atoms with Crippen molar-refractivity contribution in [2.45, 2.75) is 45.8 Å². The van der Waals surface area contributed by atoms with Gasteiger partial charge in [-0.25, -0.2) is 14.6 Å². The first-order valence-corrected chi connectivity index (χ1v) is 13.1. The van der Waals surface area contributed by atoms with Gasteiger partial charge in [-0.05, 0) is 50.8 Å². The van der Waals surface area contributed by atoms with Crippen LogP contribution < -0.4 is 15.7 Å². The van der Waals surface area contributed by atoms with E-state index in [-0.39, 0.29) is 40.7 Å². The lowest BCUT2D eigenvalue weighted by molar-refractivity contribution is -0.0375. The molecule has 1 aliphatic rings. The fraction of sp³-hybridized carbons (Fsp3) is 0.520. The highest BCUT2D eigenvalue weighted by Gasteiger charge is 2.31. The van der Waals surface area contributed by atoms with Gasteiger partial charge in [-0.3, -0.25) is 4.57 Å². The third-order valence-corrected chi connectivity index (χ3v) is 6.36. The van der Waals surface area contributed by atoms with Crippen LogP contribution in [-0.4, -0.2) is 68.5 Å². The van der Waals surface area contributed by atoms with E-state index in [1.165, 1.54) is 10.8 Å². The average molecular weight is 567 g/mol. The number of hydrogen-bond acceptors (Lipinski definition) is 8. The van der Waals surface area contributed by atoms with E-state index < -0.39 is 5.60 Å². The molecule has 0 bridgehead atoms. The molecule has 1 amide bonds. The molecule has 206 valence electrons. The molecule has 0 spiro atoms.